The van der Waals surface area contributed by atoms with Crippen LogP contribution < -0.4 is 5.73 Å². The van der Waals surface area contributed by atoms with Gasteiger partial charge in [0.25, 0.3) is 5.91 Å². The standard InChI is InChI=1S/C14H17BrN4OS/c1-8(2)13-17-5-10(16)12(18-13)14(20)19(3)6-9-4-11(15)21-7-9/h4-5,7-8H,6,16H2,1-3H3. The number of rotatable bonds is 4. The zero-order valence-electron chi connectivity index (χ0n) is 12.1. The second kappa shape index (κ2) is 6.53. The molecule has 2 N–H and O–H groups in total. The quantitative estimate of drug-likeness (QED) is 0.898. The minimum Gasteiger partial charge on any atom is -0.396 e. The summed E-state index contributed by atoms with van der Waals surface area (Å²) in [6, 6.07) is 2.00. The molecule has 2 rings (SSSR count). The second-order valence-electron chi connectivity index (χ2n) is 5.11. The summed E-state index contributed by atoms with van der Waals surface area (Å²) in [7, 11) is 1.74. The summed E-state index contributed by atoms with van der Waals surface area (Å²) in [5, 5.41) is 2.01. The van der Waals surface area contributed by atoms with Gasteiger partial charge in [-0.2, -0.15) is 0 Å². The van der Waals surface area contributed by atoms with Gasteiger partial charge >= 0.3 is 0 Å². The van der Waals surface area contributed by atoms with E-state index < -0.39 is 0 Å². The number of amides is 1. The van der Waals surface area contributed by atoms with E-state index in [9.17, 15) is 4.79 Å². The minimum atomic E-state index is -0.195. The predicted molar refractivity (Wildman–Crippen MR) is 88.3 cm³/mol. The van der Waals surface area contributed by atoms with Gasteiger partial charge in [0.1, 0.15) is 5.82 Å². The van der Waals surface area contributed by atoms with Gasteiger partial charge in [-0.3, -0.25) is 4.79 Å². The molecule has 0 radical (unpaired) electrons. The van der Waals surface area contributed by atoms with Crippen molar-refractivity contribution in [2.45, 2.75) is 26.3 Å². The van der Waals surface area contributed by atoms with Crippen molar-refractivity contribution in [3.05, 3.63) is 38.5 Å². The smallest absolute Gasteiger partial charge is 0.274 e. The summed E-state index contributed by atoms with van der Waals surface area (Å²) >= 11 is 5.01. The van der Waals surface area contributed by atoms with Crippen LogP contribution in [0.1, 0.15) is 41.6 Å². The van der Waals surface area contributed by atoms with Gasteiger partial charge in [-0.05, 0) is 32.9 Å². The number of hydrogen-bond donors (Lipinski definition) is 1. The van der Waals surface area contributed by atoms with E-state index in [1.54, 1.807) is 23.3 Å². The molecule has 0 unspecified atom stereocenters. The topological polar surface area (TPSA) is 72.1 Å². The lowest BCUT2D eigenvalue weighted by Crippen LogP contribution is -2.28. The van der Waals surface area contributed by atoms with Gasteiger partial charge in [-0.25, -0.2) is 9.97 Å². The molecule has 0 spiro atoms. The molecule has 0 bridgehead atoms. The predicted octanol–water partition coefficient (Wildman–Crippen LogP) is 3.28. The first-order chi connectivity index (χ1) is 9.88. The summed E-state index contributed by atoms with van der Waals surface area (Å²) in [4.78, 5) is 22.6. The van der Waals surface area contributed by atoms with E-state index in [2.05, 4.69) is 25.9 Å². The van der Waals surface area contributed by atoms with Gasteiger partial charge in [-0.1, -0.05) is 13.8 Å². The highest BCUT2D eigenvalue weighted by atomic mass is 79.9. The summed E-state index contributed by atoms with van der Waals surface area (Å²) in [5.74, 6) is 0.577. The van der Waals surface area contributed by atoms with Crippen LogP contribution in [-0.4, -0.2) is 27.8 Å². The molecule has 21 heavy (non-hydrogen) atoms. The maximum atomic E-state index is 12.5. The van der Waals surface area contributed by atoms with Crippen LogP contribution in [0.3, 0.4) is 0 Å². The van der Waals surface area contributed by atoms with Crippen LogP contribution in [0.4, 0.5) is 5.69 Å². The molecule has 0 aromatic carbocycles. The molecule has 112 valence electrons. The Balaban J connectivity index is 2.20. The molecule has 0 saturated carbocycles. The van der Waals surface area contributed by atoms with Crippen LogP contribution in [0.5, 0.6) is 0 Å². The van der Waals surface area contributed by atoms with E-state index in [4.69, 9.17) is 5.73 Å². The Bertz CT molecular complexity index is 656. The van der Waals surface area contributed by atoms with Crippen molar-refractivity contribution >= 4 is 38.9 Å². The second-order valence-corrected chi connectivity index (χ2v) is 7.40. The van der Waals surface area contributed by atoms with Crippen LogP contribution in [0, 0.1) is 0 Å². The average molecular weight is 369 g/mol. The highest BCUT2D eigenvalue weighted by molar-refractivity contribution is 9.11. The van der Waals surface area contributed by atoms with Gasteiger partial charge in [0.05, 0.1) is 15.7 Å². The lowest BCUT2D eigenvalue weighted by molar-refractivity contribution is 0.0780. The number of carbonyl (C=O) groups is 1. The third-order valence-corrected chi connectivity index (χ3v) is 4.50. The van der Waals surface area contributed by atoms with Crippen LogP contribution in [0.25, 0.3) is 0 Å². The van der Waals surface area contributed by atoms with Gasteiger partial charge in [0.15, 0.2) is 5.69 Å². The SMILES string of the molecule is CC(C)c1ncc(N)c(C(=O)N(C)Cc2csc(Br)c2)n1. The Morgan fingerprint density at radius 2 is 2.24 bits per heavy atom. The van der Waals surface area contributed by atoms with Crippen molar-refractivity contribution in [3.8, 4) is 0 Å². The van der Waals surface area contributed by atoms with Crippen molar-refractivity contribution in [2.24, 2.45) is 0 Å². The Kier molecular flexibility index (Phi) is 4.95. The van der Waals surface area contributed by atoms with Crippen LogP contribution in [0.15, 0.2) is 21.4 Å². The molecular weight excluding hydrogens is 352 g/mol. The average Bonchev–Trinajstić information content (AvgIpc) is 2.83. The molecule has 2 heterocycles. The summed E-state index contributed by atoms with van der Waals surface area (Å²) < 4.78 is 1.04. The molecule has 1 amide bonds. The molecule has 5 nitrogen and oxygen atoms in total. The zero-order chi connectivity index (χ0) is 15.6. The summed E-state index contributed by atoms with van der Waals surface area (Å²) in [6.45, 7) is 4.47. The highest BCUT2D eigenvalue weighted by Gasteiger charge is 2.19. The number of aromatic nitrogens is 2. The van der Waals surface area contributed by atoms with Gasteiger partial charge in [-0.15, -0.1) is 11.3 Å². The van der Waals surface area contributed by atoms with E-state index in [0.717, 1.165) is 9.35 Å². The molecular formula is C14H17BrN4OS. The Morgan fingerprint density at radius 3 is 2.81 bits per heavy atom. The fourth-order valence-corrected chi connectivity index (χ4v) is 3.01. The van der Waals surface area contributed by atoms with Gasteiger partial charge < -0.3 is 10.6 Å². The molecule has 0 aliphatic rings. The van der Waals surface area contributed by atoms with Crippen LogP contribution in [-0.2, 0) is 6.54 Å². The Hall–Kier alpha value is -1.47. The highest BCUT2D eigenvalue weighted by Crippen LogP contribution is 2.22. The zero-order valence-corrected chi connectivity index (χ0v) is 14.5. The molecule has 2 aromatic rings. The maximum Gasteiger partial charge on any atom is 0.274 e. The molecule has 7 heteroatoms. The summed E-state index contributed by atoms with van der Waals surface area (Å²) in [6.07, 6.45) is 1.50. The number of nitrogen functional groups attached to an aromatic ring is 1. The number of thiophene rings is 1. The Labute approximate surface area is 136 Å². The van der Waals surface area contributed by atoms with E-state index >= 15 is 0 Å². The van der Waals surface area contributed by atoms with E-state index in [1.807, 2.05) is 25.3 Å². The minimum absolute atomic E-state index is 0.148. The third kappa shape index (κ3) is 3.79. The number of nitrogens with two attached hydrogens (primary N) is 1. The first-order valence-electron chi connectivity index (χ1n) is 6.49. The number of hydrogen-bond acceptors (Lipinski definition) is 5. The van der Waals surface area contributed by atoms with Crippen LogP contribution in [0.2, 0.25) is 0 Å². The molecule has 0 atom stereocenters. The van der Waals surface area contributed by atoms with Crippen molar-refractivity contribution in [1.82, 2.24) is 14.9 Å². The molecule has 0 aliphatic heterocycles. The Morgan fingerprint density at radius 1 is 1.52 bits per heavy atom. The molecule has 2 aromatic heterocycles. The maximum absolute atomic E-state index is 12.5. The largest absolute Gasteiger partial charge is 0.396 e. The molecule has 0 fully saturated rings. The summed E-state index contributed by atoms with van der Waals surface area (Å²) in [5.41, 5.74) is 7.49. The number of halogens is 1. The van der Waals surface area contributed by atoms with Gasteiger partial charge in [0, 0.05) is 19.5 Å². The fraction of sp³-hybridized carbons (Fsp3) is 0.357. The van der Waals surface area contributed by atoms with Crippen molar-refractivity contribution < 1.29 is 4.79 Å². The number of carbonyl (C=O) groups excluding carboxylic acids is 1. The van der Waals surface area contributed by atoms with Crippen molar-refractivity contribution in [3.63, 3.8) is 0 Å². The van der Waals surface area contributed by atoms with Crippen molar-refractivity contribution in [2.75, 3.05) is 12.8 Å². The molecule has 0 aliphatic carbocycles. The lowest BCUT2D eigenvalue weighted by Gasteiger charge is -2.17. The van der Waals surface area contributed by atoms with Gasteiger partial charge in [0.2, 0.25) is 0 Å². The fourth-order valence-electron chi connectivity index (χ4n) is 1.81. The first kappa shape index (κ1) is 15.9. The lowest BCUT2D eigenvalue weighted by atomic mass is 10.2. The van der Waals surface area contributed by atoms with Crippen molar-refractivity contribution in [1.29, 1.82) is 0 Å². The number of nitrogens with zero attached hydrogens (tertiary/aromatic N) is 3. The first-order valence-corrected chi connectivity index (χ1v) is 8.16. The monoisotopic (exact) mass is 368 g/mol. The molecule has 0 saturated heterocycles. The van der Waals surface area contributed by atoms with E-state index in [0.29, 0.717) is 18.1 Å². The van der Waals surface area contributed by atoms with E-state index in [-0.39, 0.29) is 17.5 Å². The third-order valence-electron chi connectivity index (χ3n) is 2.94. The van der Waals surface area contributed by atoms with E-state index in [1.165, 1.54) is 6.20 Å². The van der Waals surface area contributed by atoms with Crippen LogP contribution >= 0.6 is 27.3 Å². The number of anilines is 1. The normalized spacial score (nSPS) is 10.9.